The Hall–Kier alpha value is -1.19. The quantitative estimate of drug-likeness (QED) is 0.624. The van der Waals surface area contributed by atoms with Gasteiger partial charge in [0.2, 0.25) is 21.8 Å². The molecule has 21 heavy (non-hydrogen) atoms. The van der Waals surface area contributed by atoms with Crippen molar-refractivity contribution < 1.29 is 22.7 Å². The van der Waals surface area contributed by atoms with E-state index in [9.17, 15) is 18.0 Å². The molecule has 1 aliphatic heterocycles. The molecule has 0 atom stereocenters. The Morgan fingerprint density at radius 2 is 1.71 bits per heavy atom. The van der Waals surface area contributed by atoms with Gasteiger partial charge in [-0.25, -0.2) is 13.1 Å². The van der Waals surface area contributed by atoms with Crippen molar-refractivity contribution in [1.29, 1.82) is 0 Å². The van der Waals surface area contributed by atoms with E-state index in [0.29, 0.717) is 26.2 Å². The Morgan fingerprint density at radius 1 is 1.14 bits per heavy atom. The summed E-state index contributed by atoms with van der Waals surface area (Å²) in [6.07, 6.45) is 0.117. The van der Waals surface area contributed by atoms with Gasteiger partial charge in [0.15, 0.2) is 0 Å². The molecule has 0 aromatic rings. The summed E-state index contributed by atoms with van der Waals surface area (Å²) in [5, 5.41) is 0. The van der Waals surface area contributed by atoms with Crippen molar-refractivity contribution in [1.82, 2.24) is 14.5 Å². The van der Waals surface area contributed by atoms with Crippen molar-refractivity contribution in [3.05, 3.63) is 0 Å². The predicted octanol–water partition coefficient (Wildman–Crippen LogP) is -1.37. The fourth-order valence-corrected chi connectivity index (χ4v) is 2.95. The fourth-order valence-electron chi connectivity index (χ4n) is 2.01. The minimum absolute atomic E-state index is 0.00741. The SMILES string of the molecule is COCCS(=O)(=O)NCCC(=O)N1CCN(C(C)=O)CC1. The van der Waals surface area contributed by atoms with Crippen molar-refractivity contribution in [2.75, 3.05) is 52.2 Å². The maximum absolute atomic E-state index is 11.9. The van der Waals surface area contributed by atoms with Gasteiger partial charge in [-0.1, -0.05) is 0 Å². The van der Waals surface area contributed by atoms with Gasteiger partial charge in [-0.3, -0.25) is 9.59 Å². The standard InChI is InChI=1S/C12H23N3O5S/c1-11(16)14-5-7-15(8-6-14)12(17)3-4-13-21(18,19)10-9-20-2/h13H,3-10H2,1-2H3. The number of rotatable bonds is 7. The second-order valence-corrected chi connectivity index (χ2v) is 6.77. The van der Waals surface area contributed by atoms with Crippen LogP contribution in [0.2, 0.25) is 0 Å². The van der Waals surface area contributed by atoms with Crippen molar-refractivity contribution in [2.24, 2.45) is 0 Å². The number of nitrogens with one attached hydrogen (secondary N) is 1. The summed E-state index contributed by atoms with van der Waals surface area (Å²) >= 11 is 0. The van der Waals surface area contributed by atoms with Crippen LogP contribution in [0.25, 0.3) is 0 Å². The number of amides is 2. The fraction of sp³-hybridized carbons (Fsp3) is 0.833. The lowest BCUT2D eigenvalue weighted by molar-refractivity contribution is -0.138. The molecule has 1 heterocycles. The van der Waals surface area contributed by atoms with Crippen molar-refractivity contribution >= 4 is 21.8 Å². The van der Waals surface area contributed by atoms with Crippen molar-refractivity contribution in [2.45, 2.75) is 13.3 Å². The molecule has 0 bridgehead atoms. The summed E-state index contributed by atoms with van der Waals surface area (Å²) in [5.41, 5.74) is 0. The molecule has 0 unspecified atom stereocenters. The molecule has 1 saturated heterocycles. The van der Waals surface area contributed by atoms with E-state index in [1.54, 1.807) is 9.80 Å². The number of nitrogens with zero attached hydrogens (tertiary/aromatic N) is 2. The van der Waals surface area contributed by atoms with Gasteiger partial charge in [0.1, 0.15) is 0 Å². The van der Waals surface area contributed by atoms with E-state index in [-0.39, 0.29) is 37.1 Å². The first kappa shape index (κ1) is 17.9. The van der Waals surface area contributed by atoms with Gasteiger partial charge in [-0.2, -0.15) is 0 Å². The average molecular weight is 321 g/mol. The first-order valence-electron chi connectivity index (χ1n) is 6.85. The maximum Gasteiger partial charge on any atom is 0.224 e. The number of sulfonamides is 1. The van der Waals surface area contributed by atoms with Crippen LogP contribution in [-0.2, 0) is 24.3 Å². The zero-order valence-corrected chi connectivity index (χ0v) is 13.3. The summed E-state index contributed by atoms with van der Waals surface area (Å²) in [5.74, 6) is -0.213. The molecule has 9 heteroatoms. The minimum atomic E-state index is -3.39. The lowest BCUT2D eigenvalue weighted by Gasteiger charge is -2.34. The van der Waals surface area contributed by atoms with E-state index in [1.165, 1.54) is 14.0 Å². The largest absolute Gasteiger partial charge is 0.384 e. The van der Waals surface area contributed by atoms with Crippen LogP contribution in [-0.4, -0.2) is 82.2 Å². The first-order valence-corrected chi connectivity index (χ1v) is 8.50. The monoisotopic (exact) mass is 321 g/mol. The summed E-state index contributed by atoms with van der Waals surface area (Å²) in [6.45, 7) is 3.76. The minimum Gasteiger partial charge on any atom is -0.384 e. The van der Waals surface area contributed by atoms with Crippen LogP contribution in [0, 0.1) is 0 Å². The number of hydrogen-bond acceptors (Lipinski definition) is 5. The smallest absolute Gasteiger partial charge is 0.224 e. The van der Waals surface area contributed by atoms with E-state index in [4.69, 9.17) is 4.74 Å². The Labute approximate surface area is 125 Å². The van der Waals surface area contributed by atoms with E-state index < -0.39 is 10.0 Å². The molecule has 122 valence electrons. The highest BCUT2D eigenvalue weighted by atomic mass is 32.2. The normalized spacial score (nSPS) is 16.1. The molecule has 1 N–H and O–H groups in total. The number of ether oxygens (including phenoxy) is 1. The summed E-state index contributed by atoms with van der Waals surface area (Å²) in [4.78, 5) is 26.5. The van der Waals surface area contributed by atoms with Crippen LogP contribution in [0.1, 0.15) is 13.3 Å². The van der Waals surface area contributed by atoms with Crippen LogP contribution >= 0.6 is 0 Å². The first-order chi connectivity index (χ1) is 9.85. The van der Waals surface area contributed by atoms with Gasteiger partial charge in [0.25, 0.3) is 0 Å². The molecule has 0 aromatic carbocycles. The number of carbonyl (C=O) groups excluding carboxylic acids is 2. The second-order valence-electron chi connectivity index (χ2n) is 4.84. The topological polar surface area (TPSA) is 96.0 Å². The lowest BCUT2D eigenvalue weighted by Crippen LogP contribution is -2.50. The van der Waals surface area contributed by atoms with Gasteiger partial charge < -0.3 is 14.5 Å². The van der Waals surface area contributed by atoms with Gasteiger partial charge >= 0.3 is 0 Å². The third kappa shape index (κ3) is 6.40. The van der Waals surface area contributed by atoms with Gasteiger partial charge in [0.05, 0.1) is 12.4 Å². The molecule has 1 aliphatic rings. The lowest BCUT2D eigenvalue weighted by atomic mass is 10.3. The molecular formula is C12H23N3O5S. The van der Waals surface area contributed by atoms with Gasteiger partial charge in [-0.05, 0) is 0 Å². The van der Waals surface area contributed by atoms with Gasteiger partial charge in [0, 0.05) is 53.2 Å². The van der Waals surface area contributed by atoms with Crippen LogP contribution in [0.15, 0.2) is 0 Å². The highest BCUT2D eigenvalue weighted by molar-refractivity contribution is 7.89. The van der Waals surface area contributed by atoms with Crippen LogP contribution < -0.4 is 4.72 Å². The molecule has 0 radical (unpaired) electrons. The van der Waals surface area contributed by atoms with E-state index in [2.05, 4.69) is 4.72 Å². The number of methoxy groups -OCH3 is 1. The Kier molecular flexibility index (Phi) is 7.06. The molecule has 8 nitrogen and oxygen atoms in total. The summed E-state index contributed by atoms with van der Waals surface area (Å²) in [6, 6.07) is 0. The number of carbonyl (C=O) groups is 2. The number of hydrogen-bond donors (Lipinski definition) is 1. The van der Waals surface area contributed by atoms with Gasteiger partial charge in [-0.15, -0.1) is 0 Å². The molecule has 0 saturated carbocycles. The Bertz CT molecular complexity index is 458. The molecule has 0 spiro atoms. The van der Waals surface area contributed by atoms with Crippen molar-refractivity contribution in [3.63, 3.8) is 0 Å². The van der Waals surface area contributed by atoms with Crippen LogP contribution in [0.5, 0.6) is 0 Å². The molecular weight excluding hydrogens is 298 g/mol. The highest BCUT2D eigenvalue weighted by Gasteiger charge is 2.22. The second kappa shape index (κ2) is 8.30. The molecule has 2 amide bonds. The van der Waals surface area contributed by atoms with Crippen LogP contribution in [0.3, 0.4) is 0 Å². The van der Waals surface area contributed by atoms with E-state index >= 15 is 0 Å². The Balaban J connectivity index is 2.27. The van der Waals surface area contributed by atoms with Crippen molar-refractivity contribution in [3.8, 4) is 0 Å². The number of piperazine rings is 1. The van der Waals surface area contributed by atoms with E-state index in [0.717, 1.165) is 0 Å². The summed E-state index contributed by atoms with van der Waals surface area (Å²) < 4.78 is 30.1. The van der Waals surface area contributed by atoms with Crippen LogP contribution in [0.4, 0.5) is 0 Å². The molecule has 1 rings (SSSR count). The highest BCUT2D eigenvalue weighted by Crippen LogP contribution is 2.04. The molecule has 0 aliphatic carbocycles. The predicted molar refractivity (Wildman–Crippen MR) is 77.1 cm³/mol. The third-order valence-electron chi connectivity index (χ3n) is 3.29. The summed E-state index contributed by atoms with van der Waals surface area (Å²) in [7, 11) is -1.96. The molecule has 1 fully saturated rings. The van der Waals surface area contributed by atoms with E-state index in [1.807, 2.05) is 0 Å². The third-order valence-corrected chi connectivity index (χ3v) is 4.64. The molecule has 0 aromatic heterocycles. The zero-order chi connectivity index (χ0) is 15.9. The Morgan fingerprint density at radius 3 is 2.24 bits per heavy atom. The zero-order valence-electron chi connectivity index (χ0n) is 12.5. The average Bonchev–Trinajstić information content (AvgIpc) is 2.45. The maximum atomic E-state index is 11.9.